The number of nitrogens with one attached hydrogen (secondary N) is 1. The number of nitrogens with zero attached hydrogens (tertiary/aromatic N) is 3. The van der Waals surface area contributed by atoms with Crippen LogP contribution in [0, 0.1) is 5.92 Å². The maximum absolute atomic E-state index is 11.9. The van der Waals surface area contributed by atoms with E-state index in [1.54, 1.807) is 0 Å². The lowest BCUT2D eigenvalue weighted by atomic mass is 9.89. The Labute approximate surface area is 214 Å². The summed E-state index contributed by atoms with van der Waals surface area (Å²) in [6.45, 7) is 7.33. The largest absolute Gasteiger partial charge is 0.378 e. The molecule has 3 N–H and O–H groups in total. The molecule has 1 aliphatic carbocycles. The summed E-state index contributed by atoms with van der Waals surface area (Å²) in [7, 11) is 0. The minimum absolute atomic E-state index is 0.0862. The summed E-state index contributed by atoms with van der Waals surface area (Å²) in [4.78, 5) is 19.3. The molecule has 2 heterocycles. The topological polar surface area (TPSA) is 85.4 Å². The minimum Gasteiger partial charge on any atom is -0.378 e. The first-order valence-electron chi connectivity index (χ1n) is 13.6. The fraction of sp³-hybridized carbons (Fsp3) is 0.517. The van der Waals surface area contributed by atoms with Gasteiger partial charge in [-0.05, 0) is 74.2 Å². The maximum Gasteiger partial charge on any atom is 0.219 e. The van der Waals surface area contributed by atoms with Crippen molar-refractivity contribution in [1.82, 2.24) is 14.9 Å². The van der Waals surface area contributed by atoms with Crippen LogP contribution < -0.4 is 16.0 Å². The third-order valence-corrected chi connectivity index (χ3v) is 7.78. The number of morpholine rings is 1. The van der Waals surface area contributed by atoms with Gasteiger partial charge in [-0.25, -0.2) is 4.98 Å². The van der Waals surface area contributed by atoms with Gasteiger partial charge in [-0.15, -0.1) is 0 Å². The van der Waals surface area contributed by atoms with Crippen molar-refractivity contribution >= 4 is 22.6 Å². The van der Waals surface area contributed by atoms with Crippen LogP contribution in [0.15, 0.2) is 42.5 Å². The van der Waals surface area contributed by atoms with Crippen LogP contribution in [0.1, 0.15) is 57.1 Å². The average molecular weight is 490 g/mol. The molecule has 2 aliphatic rings. The van der Waals surface area contributed by atoms with Gasteiger partial charge in [-0.1, -0.05) is 25.3 Å². The number of hydrogen-bond acceptors (Lipinski definition) is 5. The highest BCUT2D eigenvalue weighted by Gasteiger charge is 2.20. The Hall–Kier alpha value is -2.90. The molecule has 7 nitrogen and oxygen atoms in total. The molecule has 36 heavy (non-hydrogen) atoms. The lowest BCUT2D eigenvalue weighted by molar-refractivity contribution is -0.118. The third-order valence-electron chi connectivity index (χ3n) is 7.78. The molecular formula is C29H39N5O2. The van der Waals surface area contributed by atoms with Gasteiger partial charge >= 0.3 is 0 Å². The van der Waals surface area contributed by atoms with Crippen LogP contribution in [0.3, 0.4) is 0 Å². The Balaban J connectivity index is 1.39. The number of hydrogen-bond donors (Lipinski definition) is 2. The van der Waals surface area contributed by atoms with Gasteiger partial charge < -0.3 is 25.3 Å². The number of primary amides is 1. The van der Waals surface area contributed by atoms with Crippen LogP contribution in [-0.2, 0) is 16.1 Å². The fourth-order valence-corrected chi connectivity index (χ4v) is 5.76. The summed E-state index contributed by atoms with van der Waals surface area (Å²) in [6, 6.07) is 15.0. The summed E-state index contributed by atoms with van der Waals surface area (Å²) in [5, 5.41) is 3.66. The summed E-state index contributed by atoms with van der Waals surface area (Å²) >= 11 is 0. The number of ether oxygens (including phenoxy) is 1. The molecular weight excluding hydrogens is 450 g/mol. The van der Waals surface area contributed by atoms with E-state index in [9.17, 15) is 4.79 Å². The number of anilines is 1. The van der Waals surface area contributed by atoms with Gasteiger partial charge in [0.25, 0.3) is 0 Å². The minimum atomic E-state index is -0.281. The zero-order valence-corrected chi connectivity index (χ0v) is 21.4. The maximum atomic E-state index is 11.9. The molecule has 2 aromatic carbocycles. The lowest BCUT2D eigenvalue weighted by Gasteiger charge is -2.28. The zero-order valence-electron chi connectivity index (χ0n) is 21.4. The molecule has 1 saturated carbocycles. The van der Waals surface area contributed by atoms with Crippen molar-refractivity contribution in [1.29, 1.82) is 0 Å². The van der Waals surface area contributed by atoms with Crippen LogP contribution >= 0.6 is 0 Å². The normalized spacial score (nSPS) is 18.0. The van der Waals surface area contributed by atoms with Crippen molar-refractivity contribution in [3.63, 3.8) is 0 Å². The molecule has 0 spiro atoms. The molecule has 1 amide bonds. The zero-order chi connectivity index (χ0) is 24.9. The number of fused-ring (bicyclic) bond motifs is 1. The molecule has 1 atom stereocenters. The number of carbonyl (C=O) groups excluding carboxylic acids is 1. The van der Waals surface area contributed by atoms with Crippen molar-refractivity contribution < 1.29 is 9.53 Å². The van der Waals surface area contributed by atoms with Crippen molar-refractivity contribution in [2.75, 3.05) is 37.7 Å². The lowest BCUT2D eigenvalue weighted by Crippen LogP contribution is -2.36. The van der Waals surface area contributed by atoms with Crippen LogP contribution in [0.2, 0.25) is 0 Å². The van der Waals surface area contributed by atoms with Crippen molar-refractivity contribution in [3.8, 4) is 11.4 Å². The smallest absolute Gasteiger partial charge is 0.219 e. The highest BCUT2D eigenvalue weighted by molar-refractivity contribution is 5.82. The van der Waals surface area contributed by atoms with E-state index in [4.69, 9.17) is 15.5 Å². The highest BCUT2D eigenvalue weighted by Crippen LogP contribution is 2.30. The van der Waals surface area contributed by atoms with Crippen molar-refractivity contribution in [3.05, 3.63) is 48.0 Å². The van der Waals surface area contributed by atoms with Gasteiger partial charge in [-0.2, -0.15) is 0 Å². The quantitative estimate of drug-likeness (QED) is 0.457. The summed E-state index contributed by atoms with van der Waals surface area (Å²) < 4.78 is 7.75. The van der Waals surface area contributed by atoms with E-state index in [-0.39, 0.29) is 11.9 Å². The fourth-order valence-electron chi connectivity index (χ4n) is 5.76. The number of aryl methyl sites for hydroxylation is 1. The number of nitrogens with two attached hydrogens (primary N) is 1. The number of benzene rings is 2. The van der Waals surface area contributed by atoms with Gasteiger partial charge in [-0.3, -0.25) is 4.79 Å². The Morgan fingerprint density at radius 2 is 1.86 bits per heavy atom. The number of carbonyl (C=O) groups is 1. The molecule has 5 rings (SSSR count). The van der Waals surface area contributed by atoms with Crippen molar-refractivity contribution in [2.45, 2.75) is 58.0 Å². The van der Waals surface area contributed by atoms with E-state index in [0.29, 0.717) is 12.3 Å². The molecule has 7 heteroatoms. The standard InChI is InChI=1S/C29H39N5O2/c1-2-34-27-13-10-23(25(19-28(30)35)31-20-21-6-4-3-5-7-21)18-26(27)32-29(34)22-8-11-24(12-9-22)33-14-16-36-17-15-33/h8-13,18,21,25,31H,2-7,14-17,19-20H2,1H3,(H2,30,35). The Morgan fingerprint density at radius 3 is 2.56 bits per heavy atom. The Morgan fingerprint density at radius 1 is 1.11 bits per heavy atom. The van der Waals surface area contributed by atoms with E-state index in [0.717, 1.165) is 67.4 Å². The second-order valence-corrected chi connectivity index (χ2v) is 10.2. The van der Waals surface area contributed by atoms with Gasteiger partial charge in [0.15, 0.2) is 0 Å². The van der Waals surface area contributed by atoms with Gasteiger partial charge in [0, 0.05) is 43.3 Å². The van der Waals surface area contributed by atoms with Crippen LogP contribution in [-0.4, -0.2) is 48.3 Å². The van der Waals surface area contributed by atoms with Gasteiger partial charge in [0.2, 0.25) is 5.91 Å². The molecule has 2 fully saturated rings. The first-order valence-corrected chi connectivity index (χ1v) is 13.6. The number of aromatic nitrogens is 2. The SMILES string of the molecule is CCn1c(-c2ccc(N3CCOCC3)cc2)nc2cc(C(CC(N)=O)NCC3CCCCC3)ccc21. The van der Waals surface area contributed by atoms with Crippen LogP contribution in [0.4, 0.5) is 5.69 Å². The highest BCUT2D eigenvalue weighted by atomic mass is 16.5. The summed E-state index contributed by atoms with van der Waals surface area (Å²) in [6.07, 6.45) is 6.79. The molecule has 0 radical (unpaired) electrons. The van der Waals surface area contributed by atoms with E-state index >= 15 is 0 Å². The monoisotopic (exact) mass is 489 g/mol. The molecule has 1 saturated heterocycles. The predicted octanol–water partition coefficient (Wildman–Crippen LogP) is 4.65. The third kappa shape index (κ3) is 5.57. The van der Waals surface area contributed by atoms with E-state index < -0.39 is 0 Å². The second kappa shape index (κ2) is 11.4. The molecule has 1 aromatic heterocycles. The summed E-state index contributed by atoms with van der Waals surface area (Å²) in [5.74, 6) is 1.38. The number of rotatable bonds is 9. The van der Waals surface area contributed by atoms with Gasteiger partial charge in [0.05, 0.1) is 24.2 Å². The number of imidazole rings is 1. The molecule has 0 bridgehead atoms. The Bertz CT molecular complexity index is 1160. The van der Waals surface area contributed by atoms with Gasteiger partial charge in [0.1, 0.15) is 5.82 Å². The first kappa shape index (κ1) is 24.8. The molecule has 1 aliphatic heterocycles. The Kier molecular flexibility index (Phi) is 7.87. The first-order chi connectivity index (χ1) is 17.6. The predicted molar refractivity (Wildman–Crippen MR) is 145 cm³/mol. The summed E-state index contributed by atoms with van der Waals surface area (Å²) in [5.41, 5.74) is 11.1. The molecule has 192 valence electrons. The van der Waals surface area contributed by atoms with Crippen molar-refractivity contribution in [2.24, 2.45) is 11.7 Å². The second-order valence-electron chi connectivity index (χ2n) is 10.2. The average Bonchev–Trinajstić information content (AvgIpc) is 3.30. The number of amides is 1. The molecule has 1 unspecified atom stereocenters. The van der Waals surface area contributed by atoms with E-state index in [1.807, 2.05) is 0 Å². The van der Waals surface area contributed by atoms with E-state index in [2.05, 4.69) is 64.2 Å². The molecule has 3 aromatic rings. The van der Waals surface area contributed by atoms with Crippen LogP contribution in [0.5, 0.6) is 0 Å². The van der Waals surface area contributed by atoms with Crippen LogP contribution in [0.25, 0.3) is 22.4 Å². The van der Waals surface area contributed by atoms with E-state index in [1.165, 1.54) is 37.8 Å².